The van der Waals surface area contributed by atoms with Crippen LogP contribution in [0, 0.1) is 43.6 Å². The zero-order chi connectivity index (χ0) is 49.4. The Morgan fingerprint density at radius 3 is 1.72 bits per heavy atom. The number of amides is 3. The van der Waals surface area contributed by atoms with Crippen LogP contribution in [-0.4, -0.2) is 46.3 Å². The average Bonchev–Trinajstić information content (AvgIpc) is 3.82. The van der Waals surface area contributed by atoms with Crippen LogP contribution in [0.25, 0.3) is 0 Å². The van der Waals surface area contributed by atoms with E-state index in [1.807, 2.05) is 67.3 Å². The third kappa shape index (κ3) is 18.3. The average molecular weight is 948 g/mol. The maximum atomic E-state index is 13.0. The Morgan fingerprint density at radius 2 is 1.25 bits per heavy atom. The second kappa shape index (κ2) is 24.6. The minimum Gasteiger partial charge on any atom is -0.500 e. The molecule has 0 atom stereocenters. The van der Waals surface area contributed by atoms with Crippen LogP contribution in [0.1, 0.15) is 128 Å². The predicted octanol–water partition coefficient (Wildman–Crippen LogP) is 15.0. The first-order chi connectivity index (χ1) is 31.4. The van der Waals surface area contributed by atoms with Crippen molar-refractivity contribution in [2.75, 3.05) is 17.2 Å². The maximum Gasteiger partial charge on any atom is 0.416 e. The van der Waals surface area contributed by atoms with Gasteiger partial charge in [0.25, 0.3) is 8.32 Å². The molecule has 2 aromatic carbocycles. The summed E-state index contributed by atoms with van der Waals surface area (Å²) in [5.74, 6) is 14.5. The van der Waals surface area contributed by atoms with E-state index in [0.29, 0.717) is 24.6 Å². The molecule has 12 heteroatoms. The van der Waals surface area contributed by atoms with Gasteiger partial charge in [-0.1, -0.05) is 79.2 Å². The van der Waals surface area contributed by atoms with Gasteiger partial charge in [-0.3, -0.25) is 5.32 Å². The monoisotopic (exact) mass is 948 g/mol. The normalized spacial score (nSPS) is 13.8. The number of allylic oxidation sites excluding steroid dienone is 1. The van der Waals surface area contributed by atoms with Crippen molar-refractivity contribution in [1.82, 2.24) is 4.90 Å². The Kier molecular flexibility index (Phi) is 19.9. The lowest BCUT2D eigenvalue weighted by molar-refractivity contribution is 0.137. The Bertz CT molecular complexity index is 2340. The molecule has 2 aliphatic carbocycles. The molecular weight excluding hydrogens is 871 g/mol. The molecule has 362 valence electrons. The van der Waals surface area contributed by atoms with Crippen LogP contribution < -0.4 is 10.6 Å². The highest BCUT2D eigenvalue weighted by Gasteiger charge is 2.39. The second-order valence-corrected chi connectivity index (χ2v) is 30.3. The molecule has 0 aliphatic heterocycles. The summed E-state index contributed by atoms with van der Waals surface area (Å²) in [5.41, 5.74) is 3.12. The van der Waals surface area contributed by atoms with Gasteiger partial charge in [0.05, 0.1) is 18.9 Å². The molecule has 0 saturated heterocycles. The van der Waals surface area contributed by atoms with E-state index in [9.17, 15) is 9.59 Å². The molecule has 3 amide bonds. The number of carbonyl (C=O) groups excluding carboxylic acids is 2. The molecule has 2 saturated carbocycles. The molecule has 2 heterocycles. The lowest BCUT2D eigenvalue weighted by Crippen LogP contribution is -2.45. The SMILES string of the molecule is C=C(C)OC(=O)Nc1ccc(C#CO[Si](C)(C)C(C)(C)C)cc1.Cc1ccc(CCC2CCC2)o1.Cc1ccc(CN(C(=O)Nc2ccc(C#CCO[Si](C)(C)C(C)(C)C)cc2)C2CCC2)o1. The van der Waals surface area contributed by atoms with Crippen molar-refractivity contribution in [2.45, 2.75) is 163 Å². The van der Waals surface area contributed by atoms with Gasteiger partial charge in [-0.15, -0.1) is 0 Å². The summed E-state index contributed by atoms with van der Waals surface area (Å²) < 4.78 is 27.9. The predicted molar refractivity (Wildman–Crippen MR) is 278 cm³/mol. The van der Waals surface area contributed by atoms with Gasteiger partial charge >= 0.3 is 12.1 Å². The number of hydrogen-bond donors (Lipinski definition) is 2. The van der Waals surface area contributed by atoms with Crippen LogP contribution in [0.2, 0.25) is 36.3 Å². The number of anilines is 2. The van der Waals surface area contributed by atoms with Gasteiger partial charge in [-0.05, 0) is 167 Å². The molecule has 10 nitrogen and oxygen atoms in total. The van der Waals surface area contributed by atoms with E-state index in [-0.39, 0.29) is 22.1 Å². The summed E-state index contributed by atoms with van der Waals surface area (Å²) in [6.07, 6.45) is 12.3. The topological polar surface area (TPSA) is 115 Å². The van der Waals surface area contributed by atoms with Crippen molar-refractivity contribution in [3.05, 3.63) is 119 Å². The number of urea groups is 1. The first-order valence-electron chi connectivity index (χ1n) is 23.8. The molecule has 6 rings (SSSR count). The Hall–Kier alpha value is -5.41. The third-order valence-electron chi connectivity index (χ3n) is 13.1. The van der Waals surface area contributed by atoms with Gasteiger partial charge in [0.1, 0.15) is 29.1 Å². The summed E-state index contributed by atoms with van der Waals surface area (Å²) >= 11 is 0. The molecule has 0 spiro atoms. The van der Waals surface area contributed by atoms with Gasteiger partial charge < -0.3 is 32.6 Å². The van der Waals surface area contributed by atoms with Crippen molar-refractivity contribution in [3.8, 4) is 23.9 Å². The Labute approximate surface area is 404 Å². The summed E-state index contributed by atoms with van der Waals surface area (Å²) in [5, 5.41) is 5.94. The zero-order valence-electron chi connectivity index (χ0n) is 42.7. The van der Waals surface area contributed by atoms with Crippen molar-refractivity contribution < 1.29 is 32.0 Å². The summed E-state index contributed by atoms with van der Waals surface area (Å²) in [6.45, 7) is 31.9. The molecule has 0 bridgehead atoms. The van der Waals surface area contributed by atoms with Crippen LogP contribution in [0.15, 0.2) is 94.0 Å². The summed E-state index contributed by atoms with van der Waals surface area (Å²) in [4.78, 5) is 26.3. The maximum absolute atomic E-state index is 13.0. The van der Waals surface area contributed by atoms with Crippen LogP contribution in [0.3, 0.4) is 0 Å². The van der Waals surface area contributed by atoms with E-state index in [1.165, 1.54) is 31.4 Å². The van der Waals surface area contributed by atoms with Crippen molar-refractivity contribution in [3.63, 3.8) is 0 Å². The summed E-state index contributed by atoms with van der Waals surface area (Å²) in [7, 11) is -3.64. The van der Waals surface area contributed by atoms with E-state index >= 15 is 0 Å². The minimum atomic E-state index is -1.86. The number of hydrogen-bond acceptors (Lipinski definition) is 7. The lowest BCUT2D eigenvalue weighted by atomic mass is 9.82. The molecule has 0 radical (unpaired) electrons. The summed E-state index contributed by atoms with van der Waals surface area (Å²) in [6, 6.07) is 23.0. The molecule has 2 fully saturated rings. The van der Waals surface area contributed by atoms with Crippen molar-refractivity contribution >= 4 is 40.1 Å². The van der Waals surface area contributed by atoms with Crippen LogP contribution in [-0.2, 0) is 26.6 Å². The number of nitrogens with one attached hydrogen (secondary N) is 2. The van der Waals surface area contributed by atoms with E-state index in [0.717, 1.165) is 65.7 Å². The standard InChI is InChI=1S/C26H36N2O3Si.C18H25NO3Si.C11H16O/c1-20-12-17-24(31-20)19-28(23-10-7-11-23)25(29)27-22-15-13-21(14-16-22)9-8-18-30-32(5,6)26(2,3)4;1-14(2)22-17(20)19-16-10-8-15(9-11-16)12-13-21-23(6,7)18(3,4)5;1-9-5-7-11(12-9)8-6-10-3-2-4-10/h12-17,23H,7,10-11,18-19H2,1-6H3,(H,27,29);8-11H,1H2,2-7H3,(H,19,20);5,7,10H,2-4,6,8H2,1H3. The number of aryl methyl sites for hydroxylation is 3. The third-order valence-corrected chi connectivity index (χ3v) is 21.8. The van der Waals surface area contributed by atoms with Crippen LogP contribution in [0.4, 0.5) is 21.0 Å². The smallest absolute Gasteiger partial charge is 0.416 e. The molecule has 67 heavy (non-hydrogen) atoms. The van der Waals surface area contributed by atoms with Gasteiger partial charge in [0, 0.05) is 35.0 Å². The quantitative estimate of drug-likeness (QED) is 0.0825. The van der Waals surface area contributed by atoms with Gasteiger partial charge in [-0.25, -0.2) is 9.59 Å². The largest absolute Gasteiger partial charge is 0.500 e. The van der Waals surface area contributed by atoms with E-state index < -0.39 is 22.7 Å². The zero-order valence-corrected chi connectivity index (χ0v) is 44.7. The van der Waals surface area contributed by atoms with Crippen LogP contribution in [0.5, 0.6) is 0 Å². The molecule has 2 aliphatic rings. The fourth-order valence-corrected chi connectivity index (χ4v) is 7.74. The Morgan fingerprint density at radius 1 is 0.731 bits per heavy atom. The fraction of sp³-hybridized carbons (Fsp3) is 0.491. The van der Waals surface area contributed by atoms with Gasteiger partial charge in [0.2, 0.25) is 0 Å². The van der Waals surface area contributed by atoms with Gasteiger partial charge in [0.15, 0.2) is 8.32 Å². The van der Waals surface area contributed by atoms with E-state index in [4.69, 9.17) is 22.4 Å². The first kappa shape index (κ1) is 54.2. The van der Waals surface area contributed by atoms with Crippen molar-refractivity contribution in [1.29, 1.82) is 0 Å². The number of ether oxygens (including phenoxy) is 1. The Balaban J connectivity index is 0.000000242. The lowest BCUT2D eigenvalue weighted by Gasteiger charge is -2.37. The number of furan rings is 2. The fourth-order valence-electron chi connectivity index (χ4n) is 6.26. The number of rotatable bonds is 12. The van der Waals surface area contributed by atoms with Gasteiger partial charge in [-0.2, -0.15) is 0 Å². The van der Waals surface area contributed by atoms with Crippen molar-refractivity contribution in [2.24, 2.45) is 5.92 Å². The number of carbonyl (C=O) groups is 2. The molecule has 0 unspecified atom stereocenters. The number of nitrogens with zero attached hydrogens (tertiary/aromatic N) is 1. The molecular formula is C55H77N3O7Si2. The molecule has 2 aromatic heterocycles. The highest BCUT2D eigenvalue weighted by molar-refractivity contribution is 6.74. The second-order valence-electron chi connectivity index (χ2n) is 20.8. The minimum absolute atomic E-state index is 0.0923. The molecule has 2 N–H and O–H groups in total. The molecule has 4 aromatic rings. The van der Waals surface area contributed by atoms with E-state index in [2.05, 4.69) is 121 Å². The van der Waals surface area contributed by atoms with E-state index in [1.54, 1.807) is 19.1 Å². The highest BCUT2D eigenvalue weighted by Crippen LogP contribution is 2.37. The number of benzene rings is 2. The highest BCUT2D eigenvalue weighted by atomic mass is 28.4. The first-order valence-corrected chi connectivity index (χ1v) is 29.6. The van der Waals surface area contributed by atoms with Crippen LogP contribution >= 0.6 is 0 Å².